The molecule has 7 heteroatoms. The van der Waals surface area contributed by atoms with Gasteiger partial charge in [-0.2, -0.15) is 0 Å². The van der Waals surface area contributed by atoms with Gasteiger partial charge in [-0.15, -0.1) is 6.58 Å². The summed E-state index contributed by atoms with van der Waals surface area (Å²) in [5.74, 6) is 0. The van der Waals surface area contributed by atoms with Crippen LogP contribution in [0, 0.1) is 5.21 Å². The Morgan fingerprint density at radius 2 is 2.19 bits per heavy atom. The molecule has 0 fully saturated rings. The minimum Gasteiger partial charge on any atom is -0.605 e. The van der Waals surface area contributed by atoms with Gasteiger partial charge in [0.15, 0.2) is 4.90 Å². The van der Waals surface area contributed by atoms with Crippen molar-refractivity contribution in [3.8, 4) is 0 Å². The van der Waals surface area contributed by atoms with E-state index in [1.165, 1.54) is 12.1 Å². The first-order valence-corrected chi connectivity index (χ1v) is 6.19. The van der Waals surface area contributed by atoms with E-state index >= 15 is 0 Å². The number of nitrogens with two attached hydrogens (primary N) is 1. The van der Waals surface area contributed by atoms with Gasteiger partial charge in [0.2, 0.25) is 10.0 Å². The van der Waals surface area contributed by atoms with Crippen molar-refractivity contribution in [3.63, 3.8) is 0 Å². The first kappa shape index (κ1) is 12.8. The number of hydrogen-bond acceptors (Lipinski definition) is 4. The van der Waals surface area contributed by atoms with Gasteiger partial charge >= 0.3 is 0 Å². The highest BCUT2D eigenvalue weighted by molar-refractivity contribution is 7.89. The molecule has 0 radical (unpaired) electrons. The molecule has 0 aliphatic carbocycles. The molecule has 0 saturated heterocycles. The standard InChI is InChI=1S/C9H10N2O3S2/c1-2-4-7-5-3-6-8(16(10,13)14)9(7)11(12)15/h2-3,5-6H,1,4H2,(H2,10,13,14). The predicted octanol–water partition coefficient (Wildman–Crippen LogP) is 0.935. The van der Waals surface area contributed by atoms with Crippen molar-refractivity contribution in [1.29, 1.82) is 0 Å². The van der Waals surface area contributed by atoms with E-state index in [-0.39, 0.29) is 14.7 Å². The molecule has 0 aliphatic heterocycles. The van der Waals surface area contributed by atoms with Crippen LogP contribution in [0.3, 0.4) is 0 Å². The molecule has 5 nitrogen and oxygen atoms in total. The maximum atomic E-state index is 11.3. The Morgan fingerprint density at radius 3 is 2.62 bits per heavy atom. The Balaban J connectivity index is 3.57. The molecule has 86 valence electrons. The maximum Gasteiger partial charge on any atom is 0.284 e. The van der Waals surface area contributed by atoms with Gasteiger partial charge in [0.05, 0.1) is 0 Å². The highest BCUT2D eigenvalue weighted by Crippen LogP contribution is 2.27. The molecule has 0 atom stereocenters. The lowest BCUT2D eigenvalue weighted by Crippen LogP contribution is -2.15. The number of para-hydroxylation sites is 1. The van der Waals surface area contributed by atoms with E-state index in [1.807, 2.05) is 0 Å². The fourth-order valence-electron chi connectivity index (χ4n) is 1.32. The minimum absolute atomic E-state index is 0.0819. The van der Waals surface area contributed by atoms with Crippen LogP contribution in [-0.2, 0) is 28.9 Å². The van der Waals surface area contributed by atoms with Crippen LogP contribution < -0.4 is 5.14 Å². The van der Waals surface area contributed by atoms with E-state index in [4.69, 9.17) is 5.14 Å². The molecular weight excluding hydrogens is 248 g/mol. The molecule has 16 heavy (non-hydrogen) atoms. The van der Waals surface area contributed by atoms with Gasteiger partial charge in [-0.1, -0.05) is 22.3 Å². The van der Waals surface area contributed by atoms with E-state index in [2.05, 4.69) is 19.0 Å². The first-order valence-electron chi connectivity index (χ1n) is 4.28. The number of hydrogen-bond donors (Lipinski definition) is 1. The fraction of sp³-hybridized carbons (Fsp3) is 0.111. The molecule has 0 bridgehead atoms. The fourth-order valence-corrected chi connectivity index (χ4v) is 2.35. The Hall–Kier alpha value is -1.31. The summed E-state index contributed by atoms with van der Waals surface area (Å²) in [6.07, 6.45) is 1.89. The number of allylic oxidation sites excluding steroid dienone is 1. The smallest absolute Gasteiger partial charge is 0.284 e. The largest absolute Gasteiger partial charge is 0.605 e. The first-order chi connectivity index (χ1) is 7.38. The summed E-state index contributed by atoms with van der Waals surface area (Å²) in [4.78, 5) is -0.267. The number of rotatable bonds is 4. The third-order valence-electron chi connectivity index (χ3n) is 1.94. The van der Waals surface area contributed by atoms with E-state index < -0.39 is 10.0 Å². The zero-order valence-corrected chi connectivity index (χ0v) is 9.92. The third-order valence-corrected chi connectivity index (χ3v) is 3.06. The molecule has 0 saturated carbocycles. The van der Waals surface area contributed by atoms with Crippen molar-refractivity contribution < 1.29 is 12.5 Å². The van der Waals surface area contributed by atoms with Gasteiger partial charge in [-0.25, -0.2) is 13.6 Å². The average molecular weight is 258 g/mol. The molecule has 2 N–H and O–H groups in total. The van der Waals surface area contributed by atoms with Gasteiger partial charge in [0.25, 0.3) is 18.1 Å². The SMILES string of the molecule is C=CCc1cccc(S(N)(=O)=O)c1[N+]([O-])=S. The highest BCUT2D eigenvalue weighted by Gasteiger charge is 2.23. The van der Waals surface area contributed by atoms with Crippen LogP contribution >= 0.6 is 0 Å². The van der Waals surface area contributed by atoms with E-state index in [0.29, 0.717) is 12.0 Å². The Bertz CT molecular complexity index is 538. The molecule has 0 aliphatic rings. The Morgan fingerprint density at radius 1 is 1.56 bits per heavy atom. The minimum atomic E-state index is -3.96. The highest BCUT2D eigenvalue weighted by atomic mass is 32.2. The molecule has 0 aromatic heterocycles. The maximum absolute atomic E-state index is 11.3. The summed E-state index contributed by atoms with van der Waals surface area (Å²) in [5.41, 5.74) is 0.367. The van der Waals surface area contributed by atoms with Crippen LogP contribution in [-0.4, -0.2) is 12.5 Å². The predicted molar refractivity (Wildman–Crippen MR) is 62.4 cm³/mol. The normalized spacial score (nSPS) is 11.1. The second kappa shape index (κ2) is 4.69. The van der Waals surface area contributed by atoms with Gasteiger partial charge < -0.3 is 5.21 Å². The second-order valence-corrected chi connectivity index (χ2v) is 4.92. The van der Waals surface area contributed by atoms with Crippen LogP contribution in [0.1, 0.15) is 5.56 Å². The van der Waals surface area contributed by atoms with Crippen molar-refractivity contribution in [1.82, 2.24) is 0 Å². The molecule has 0 spiro atoms. The molecule has 0 heterocycles. The molecule has 1 aromatic carbocycles. The zero-order chi connectivity index (χ0) is 12.3. The molecular formula is C9H10N2O3S2. The summed E-state index contributed by atoms with van der Waals surface area (Å²) in [7, 11) is -3.96. The third kappa shape index (κ3) is 2.63. The Kier molecular flexibility index (Phi) is 3.74. The van der Waals surface area contributed by atoms with Gasteiger partial charge in [-0.3, -0.25) is 0 Å². The summed E-state index contributed by atoms with van der Waals surface area (Å²) in [6, 6.07) is 4.35. The van der Waals surface area contributed by atoms with Crippen LogP contribution in [0.5, 0.6) is 0 Å². The summed E-state index contributed by atoms with van der Waals surface area (Å²) in [5, 5.41) is 16.2. The average Bonchev–Trinajstić information content (AvgIpc) is 2.16. The molecule has 1 rings (SSSR count). The lowest BCUT2D eigenvalue weighted by atomic mass is 10.1. The van der Waals surface area contributed by atoms with Gasteiger partial charge in [-0.05, 0) is 12.5 Å². The van der Waals surface area contributed by atoms with Crippen LogP contribution in [0.15, 0.2) is 35.7 Å². The number of sulfonamides is 1. The monoisotopic (exact) mass is 258 g/mol. The number of benzene rings is 1. The number of primary sulfonamides is 1. The van der Waals surface area contributed by atoms with Gasteiger partial charge in [0, 0.05) is 5.56 Å². The van der Waals surface area contributed by atoms with Crippen LogP contribution in [0.25, 0.3) is 0 Å². The van der Waals surface area contributed by atoms with E-state index in [1.54, 1.807) is 12.1 Å². The van der Waals surface area contributed by atoms with Crippen molar-refractivity contribution in [3.05, 3.63) is 41.6 Å². The van der Waals surface area contributed by atoms with Gasteiger partial charge in [0.1, 0.15) is 0 Å². The van der Waals surface area contributed by atoms with Crippen molar-refractivity contribution >= 4 is 28.1 Å². The van der Waals surface area contributed by atoms with Crippen LogP contribution in [0.2, 0.25) is 0 Å². The summed E-state index contributed by atoms with van der Waals surface area (Å²) < 4.78 is 22.6. The summed E-state index contributed by atoms with van der Waals surface area (Å²) in [6.45, 7) is 3.51. The Labute approximate surface area is 99.0 Å². The van der Waals surface area contributed by atoms with Crippen molar-refractivity contribution in [2.75, 3.05) is 0 Å². The van der Waals surface area contributed by atoms with E-state index in [9.17, 15) is 13.6 Å². The molecule has 0 unspecified atom stereocenters. The van der Waals surface area contributed by atoms with Crippen molar-refractivity contribution in [2.24, 2.45) is 5.14 Å². The van der Waals surface area contributed by atoms with Crippen LogP contribution in [0.4, 0.5) is 5.69 Å². The zero-order valence-electron chi connectivity index (χ0n) is 8.29. The quantitative estimate of drug-likeness (QED) is 0.494. The van der Waals surface area contributed by atoms with E-state index in [0.717, 1.165) is 0 Å². The lowest BCUT2D eigenvalue weighted by Gasteiger charge is -2.07. The molecule has 0 amide bonds. The number of nitrogens with zero attached hydrogens (tertiary/aromatic N) is 1. The topological polar surface area (TPSA) is 86.2 Å². The lowest BCUT2D eigenvalue weighted by molar-refractivity contribution is -0.329. The van der Waals surface area contributed by atoms with Crippen molar-refractivity contribution in [2.45, 2.75) is 11.3 Å². The molecule has 1 aromatic rings. The summed E-state index contributed by atoms with van der Waals surface area (Å²) >= 11 is 4.43. The second-order valence-electron chi connectivity index (χ2n) is 3.06.